The average molecular weight is 522 g/mol. The molecule has 0 amide bonds. The number of hydrogen-bond donors (Lipinski definition) is 1. The first-order valence-electron chi connectivity index (χ1n) is 12.4. The molecule has 1 rings (SSSR count). The van der Waals surface area contributed by atoms with E-state index in [1.807, 2.05) is 6.92 Å². The van der Waals surface area contributed by atoms with Crippen molar-refractivity contribution in [3.8, 4) is 11.5 Å². The molecule has 37 heavy (non-hydrogen) atoms. The Bertz CT molecular complexity index is 1000. The Balaban J connectivity index is 3.29. The van der Waals surface area contributed by atoms with Gasteiger partial charge in [0, 0.05) is 12.8 Å². The molecule has 0 unspecified atom stereocenters. The zero-order valence-electron chi connectivity index (χ0n) is 23.9. The van der Waals surface area contributed by atoms with Crippen molar-refractivity contribution in [1.29, 1.82) is 0 Å². The predicted molar refractivity (Wildman–Crippen MR) is 139 cm³/mol. The van der Waals surface area contributed by atoms with E-state index < -0.39 is 39.7 Å². The molecule has 1 aromatic carbocycles. The number of benzene rings is 1. The Morgan fingerprint density at radius 3 is 1.76 bits per heavy atom. The van der Waals surface area contributed by atoms with Gasteiger partial charge in [-0.2, -0.15) is 0 Å². The molecule has 0 saturated heterocycles. The number of carbonyl (C=O) groups excluding carboxylic acids is 4. The summed E-state index contributed by atoms with van der Waals surface area (Å²) in [6.45, 7) is 15.6. The second-order valence-electron chi connectivity index (χ2n) is 12.0. The van der Waals surface area contributed by atoms with Gasteiger partial charge in [0.15, 0.2) is 11.5 Å². The fourth-order valence-electron chi connectivity index (χ4n) is 2.83. The van der Waals surface area contributed by atoms with Crippen molar-refractivity contribution in [2.45, 2.75) is 87.1 Å². The van der Waals surface area contributed by atoms with Crippen molar-refractivity contribution in [1.82, 2.24) is 0 Å². The van der Waals surface area contributed by atoms with Gasteiger partial charge >= 0.3 is 23.9 Å². The Morgan fingerprint density at radius 1 is 0.784 bits per heavy atom. The summed E-state index contributed by atoms with van der Waals surface area (Å²) < 4.78 is 21.4. The average Bonchev–Trinajstić information content (AvgIpc) is 2.78. The molecule has 0 heterocycles. The molecular weight excluding hydrogens is 478 g/mol. The molecule has 0 aromatic heterocycles. The van der Waals surface area contributed by atoms with E-state index >= 15 is 0 Å². The minimum atomic E-state index is -1.53. The molecule has 1 aromatic rings. The van der Waals surface area contributed by atoms with Crippen LogP contribution in [-0.4, -0.2) is 43.1 Å². The summed E-state index contributed by atoms with van der Waals surface area (Å²) in [5.74, 6) is -2.02. The van der Waals surface area contributed by atoms with Gasteiger partial charge in [0.2, 0.25) is 0 Å². The SMILES string of the molecule is CCC(C)(C)C(=O)OCC[C@@](N)(Cc1ccc(OC(=O)C(C)(C)C)c(OC(=O)C(C)(C)C)c1)C(=O)OC. The summed E-state index contributed by atoms with van der Waals surface area (Å²) in [6.07, 6.45) is 0.587. The van der Waals surface area contributed by atoms with Gasteiger partial charge < -0.3 is 24.7 Å². The third-order valence-electron chi connectivity index (χ3n) is 5.97. The van der Waals surface area contributed by atoms with E-state index in [2.05, 4.69) is 0 Å². The van der Waals surface area contributed by atoms with Gasteiger partial charge in [-0.1, -0.05) is 13.0 Å². The largest absolute Gasteiger partial charge is 0.468 e. The Hall–Kier alpha value is -2.94. The lowest BCUT2D eigenvalue weighted by atomic mass is 9.88. The number of rotatable bonds is 10. The molecule has 0 radical (unpaired) electrons. The van der Waals surface area contributed by atoms with Crippen LogP contribution in [0, 0.1) is 16.2 Å². The van der Waals surface area contributed by atoms with Gasteiger partial charge in [-0.05, 0) is 79.5 Å². The van der Waals surface area contributed by atoms with E-state index in [-0.39, 0.29) is 36.9 Å². The summed E-state index contributed by atoms with van der Waals surface area (Å²) in [7, 11) is 1.22. The number of methoxy groups -OCH3 is 1. The zero-order chi connectivity index (χ0) is 28.8. The van der Waals surface area contributed by atoms with E-state index in [1.54, 1.807) is 61.5 Å². The first-order valence-corrected chi connectivity index (χ1v) is 12.4. The van der Waals surface area contributed by atoms with E-state index in [1.165, 1.54) is 19.2 Å². The van der Waals surface area contributed by atoms with Crippen molar-refractivity contribution in [3.05, 3.63) is 23.8 Å². The van der Waals surface area contributed by atoms with Crippen LogP contribution in [-0.2, 0) is 35.1 Å². The highest BCUT2D eigenvalue weighted by atomic mass is 16.6. The van der Waals surface area contributed by atoms with Crippen LogP contribution in [0.2, 0.25) is 0 Å². The first-order chi connectivity index (χ1) is 16.8. The van der Waals surface area contributed by atoms with Crippen molar-refractivity contribution in [2.75, 3.05) is 13.7 Å². The number of hydrogen-bond acceptors (Lipinski definition) is 9. The summed E-state index contributed by atoms with van der Waals surface area (Å²) in [4.78, 5) is 50.1. The van der Waals surface area contributed by atoms with E-state index in [9.17, 15) is 19.2 Å². The van der Waals surface area contributed by atoms with Crippen LogP contribution in [0.15, 0.2) is 18.2 Å². The molecule has 0 aliphatic carbocycles. The second-order valence-corrected chi connectivity index (χ2v) is 12.0. The number of nitrogens with two attached hydrogens (primary N) is 1. The third-order valence-corrected chi connectivity index (χ3v) is 5.97. The maximum absolute atomic E-state index is 12.6. The molecular formula is C28H43NO8. The van der Waals surface area contributed by atoms with Crippen LogP contribution in [0.4, 0.5) is 0 Å². The van der Waals surface area contributed by atoms with Gasteiger partial charge in [-0.25, -0.2) is 0 Å². The highest BCUT2D eigenvalue weighted by Crippen LogP contribution is 2.34. The van der Waals surface area contributed by atoms with Gasteiger partial charge in [0.1, 0.15) is 5.54 Å². The number of ether oxygens (including phenoxy) is 4. The van der Waals surface area contributed by atoms with Crippen LogP contribution >= 0.6 is 0 Å². The molecule has 9 nitrogen and oxygen atoms in total. The first kappa shape index (κ1) is 32.1. The minimum Gasteiger partial charge on any atom is -0.468 e. The fraction of sp³-hybridized carbons (Fsp3) is 0.643. The van der Waals surface area contributed by atoms with E-state index in [4.69, 9.17) is 24.7 Å². The van der Waals surface area contributed by atoms with Crippen LogP contribution in [0.25, 0.3) is 0 Å². The zero-order valence-corrected chi connectivity index (χ0v) is 23.9. The molecule has 208 valence electrons. The lowest BCUT2D eigenvalue weighted by Gasteiger charge is -2.28. The predicted octanol–water partition coefficient (Wildman–Crippen LogP) is 4.37. The van der Waals surface area contributed by atoms with Crippen molar-refractivity contribution in [2.24, 2.45) is 22.0 Å². The Labute approximate surface area is 220 Å². The van der Waals surface area contributed by atoms with Gasteiger partial charge in [0.05, 0.1) is 30.0 Å². The van der Waals surface area contributed by atoms with Crippen LogP contribution in [0.5, 0.6) is 11.5 Å². The van der Waals surface area contributed by atoms with Crippen LogP contribution in [0.1, 0.15) is 80.7 Å². The highest BCUT2D eigenvalue weighted by molar-refractivity contribution is 5.82. The fourth-order valence-corrected chi connectivity index (χ4v) is 2.83. The molecule has 0 bridgehead atoms. The summed E-state index contributed by atoms with van der Waals surface area (Å²) in [5.41, 5.74) is 3.19. The van der Waals surface area contributed by atoms with E-state index in [0.29, 0.717) is 12.0 Å². The van der Waals surface area contributed by atoms with E-state index in [0.717, 1.165) is 0 Å². The maximum Gasteiger partial charge on any atom is 0.326 e. The normalized spacial score (nSPS) is 13.8. The number of esters is 4. The summed E-state index contributed by atoms with van der Waals surface area (Å²) >= 11 is 0. The molecule has 0 fully saturated rings. The molecule has 0 aliphatic rings. The van der Waals surface area contributed by atoms with Crippen LogP contribution in [0.3, 0.4) is 0 Å². The molecule has 9 heteroatoms. The highest BCUT2D eigenvalue weighted by Gasteiger charge is 2.37. The quantitative estimate of drug-likeness (QED) is 0.352. The van der Waals surface area contributed by atoms with Crippen molar-refractivity contribution >= 4 is 23.9 Å². The standard InChI is InChI=1S/C28H43NO8/c1-11-27(8,9)23(32)35-15-14-28(29,24(33)34-10)17-18-12-13-19(36-21(30)25(2,3)4)20(16-18)37-22(31)26(5,6)7/h12-13,16H,11,14-15,17,29H2,1-10H3/t28-/m1/s1. The summed E-state index contributed by atoms with van der Waals surface area (Å²) in [6, 6.07) is 4.62. The maximum atomic E-state index is 12.6. The third kappa shape index (κ3) is 9.14. The minimum absolute atomic E-state index is 0.00306. The molecule has 1 atom stereocenters. The van der Waals surface area contributed by atoms with Gasteiger partial charge in [-0.3, -0.25) is 19.2 Å². The molecule has 0 saturated carbocycles. The molecule has 2 N–H and O–H groups in total. The smallest absolute Gasteiger partial charge is 0.326 e. The van der Waals surface area contributed by atoms with Crippen molar-refractivity contribution in [3.63, 3.8) is 0 Å². The lowest BCUT2D eigenvalue weighted by Crippen LogP contribution is -2.51. The van der Waals surface area contributed by atoms with Crippen molar-refractivity contribution < 1.29 is 38.1 Å². The Kier molecular flexibility index (Phi) is 10.5. The second kappa shape index (κ2) is 12.1. The van der Waals surface area contributed by atoms with Gasteiger partial charge in [-0.15, -0.1) is 0 Å². The molecule has 0 spiro atoms. The number of carbonyl (C=O) groups is 4. The monoisotopic (exact) mass is 521 g/mol. The molecule has 0 aliphatic heterocycles. The Morgan fingerprint density at radius 2 is 1.30 bits per heavy atom. The lowest BCUT2D eigenvalue weighted by molar-refractivity contribution is -0.157. The topological polar surface area (TPSA) is 131 Å². The summed E-state index contributed by atoms with van der Waals surface area (Å²) in [5, 5.41) is 0. The van der Waals surface area contributed by atoms with Crippen LogP contribution < -0.4 is 15.2 Å². The van der Waals surface area contributed by atoms with Gasteiger partial charge in [0.25, 0.3) is 0 Å².